The van der Waals surface area contributed by atoms with E-state index in [0.717, 1.165) is 0 Å². The van der Waals surface area contributed by atoms with E-state index >= 15 is 0 Å². The lowest BCUT2D eigenvalue weighted by Gasteiger charge is -2.19. The summed E-state index contributed by atoms with van der Waals surface area (Å²) in [6.07, 6.45) is 1.23. The van der Waals surface area contributed by atoms with E-state index in [4.69, 9.17) is 10.8 Å². The molecule has 1 aromatic heterocycles. The standard InChI is InChI=1S/C11H15N3O3/c1-6(2)9(10(12)15)14-8-4-3-7(5-13-8)11(16)17/h3-6,9H,1-2H3,(H2,12,15)(H,13,14)(H,16,17). The molecule has 0 aliphatic heterocycles. The first-order chi connectivity index (χ1) is 7.91. The summed E-state index contributed by atoms with van der Waals surface area (Å²) >= 11 is 0. The number of aromatic carboxylic acids is 1. The second kappa shape index (κ2) is 5.29. The third-order valence-corrected chi connectivity index (χ3v) is 2.29. The molecule has 6 nitrogen and oxygen atoms in total. The fourth-order valence-electron chi connectivity index (χ4n) is 1.33. The number of carboxylic acids is 1. The van der Waals surface area contributed by atoms with E-state index in [1.807, 2.05) is 13.8 Å². The minimum Gasteiger partial charge on any atom is -0.478 e. The molecule has 0 saturated heterocycles. The maximum atomic E-state index is 11.2. The fraction of sp³-hybridized carbons (Fsp3) is 0.364. The fourth-order valence-corrected chi connectivity index (χ4v) is 1.33. The van der Waals surface area contributed by atoms with Crippen LogP contribution in [0.2, 0.25) is 0 Å². The summed E-state index contributed by atoms with van der Waals surface area (Å²) in [5.41, 5.74) is 5.33. The zero-order valence-corrected chi connectivity index (χ0v) is 9.68. The summed E-state index contributed by atoms with van der Waals surface area (Å²) in [7, 11) is 0. The molecule has 0 aromatic carbocycles. The van der Waals surface area contributed by atoms with Gasteiger partial charge in [-0.25, -0.2) is 9.78 Å². The zero-order valence-electron chi connectivity index (χ0n) is 9.68. The Balaban J connectivity index is 2.80. The third-order valence-electron chi connectivity index (χ3n) is 2.29. The predicted octanol–water partition coefficient (Wildman–Crippen LogP) is 0.702. The van der Waals surface area contributed by atoms with Crippen LogP contribution in [0.5, 0.6) is 0 Å². The second-order valence-corrected chi connectivity index (χ2v) is 4.01. The van der Waals surface area contributed by atoms with Crippen molar-refractivity contribution in [3.05, 3.63) is 23.9 Å². The minimum absolute atomic E-state index is 0.0217. The molecule has 1 heterocycles. The maximum Gasteiger partial charge on any atom is 0.337 e. The predicted molar refractivity (Wildman–Crippen MR) is 62.6 cm³/mol. The van der Waals surface area contributed by atoms with Crippen LogP contribution in [-0.2, 0) is 4.79 Å². The van der Waals surface area contributed by atoms with E-state index in [1.54, 1.807) is 0 Å². The number of nitrogens with two attached hydrogens (primary N) is 1. The molecular formula is C11H15N3O3. The SMILES string of the molecule is CC(C)C(Nc1ccc(C(=O)O)cn1)C(N)=O. The van der Waals surface area contributed by atoms with Crippen LogP contribution >= 0.6 is 0 Å². The number of nitrogens with one attached hydrogen (secondary N) is 1. The van der Waals surface area contributed by atoms with Crippen LogP contribution in [-0.4, -0.2) is 28.0 Å². The highest BCUT2D eigenvalue weighted by molar-refractivity contribution is 5.87. The number of aromatic nitrogens is 1. The number of carbonyl (C=O) groups is 2. The number of pyridine rings is 1. The zero-order chi connectivity index (χ0) is 13.0. The molecule has 1 aromatic rings. The van der Waals surface area contributed by atoms with Crippen molar-refractivity contribution < 1.29 is 14.7 Å². The largest absolute Gasteiger partial charge is 0.478 e. The summed E-state index contributed by atoms with van der Waals surface area (Å²) in [5.74, 6) is -1.07. The van der Waals surface area contributed by atoms with Crippen LogP contribution in [0.15, 0.2) is 18.3 Å². The first-order valence-corrected chi connectivity index (χ1v) is 5.17. The Labute approximate surface area is 98.8 Å². The number of carbonyl (C=O) groups excluding carboxylic acids is 1. The number of carboxylic acid groups (broad SMARTS) is 1. The van der Waals surface area contributed by atoms with Gasteiger partial charge in [0.2, 0.25) is 5.91 Å². The summed E-state index contributed by atoms with van der Waals surface area (Å²) in [5, 5.41) is 11.6. The van der Waals surface area contributed by atoms with Crippen molar-refractivity contribution in [2.24, 2.45) is 11.7 Å². The van der Waals surface area contributed by atoms with Crippen molar-refractivity contribution in [2.75, 3.05) is 5.32 Å². The average molecular weight is 237 g/mol. The Bertz CT molecular complexity index is 414. The smallest absolute Gasteiger partial charge is 0.337 e. The topological polar surface area (TPSA) is 105 Å². The Morgan fingerprint density at radius 2 is 2.06 bits per heavy atom. The maximum absolute atomic E-state index is 11.2. The Morgan fingerprint density at radius 3 is 2.41 bits per heavy atom. The highest BCUT2D eigenvalue weighted by Gasteiger charge is 2.19. The lowest BCUT2D eigenvalue weighted by Crippen LogP contribution is -2.39. The van der Waals surface area contributed by atoms with Crippen LogP contribution in [0.3, 0.4) is 0 Å². The van der Waals surface area contributed by atoms with Crippen molar-refractivity contribution in [3.8, 4) is 0 Å². The van der Waals surface area contributed by atoms with Gasteiger partial charge in [-0.05, 0) is 18.1 Å². The number of nitrogens with zero attached hydrogens (tertiary/aromatic N) is 1. The van der Waals surface area contributed by atoms with Gasteiger partial charge in [0.25, 0.3) is 0 Å². The summed E-state index contributed by atoms with van der Waals surface area (Å²) in [6, 6.07) is 2.39. The Morgan fingerprint density at radius 1 is 1.41 bits per heavy atom. The van der Waals surface area contributed by atoms with Gasteiger partial charge < -0.3 is 16.2 Å². The van der Waals surface area contributed by atoms with Gasteiger partial charge in [-0.1, -0.05) is 13.8 Å². The molecule has 1 unspecified atom stereocenters. The van der Waals surface area contributed by atoms with Crippen molar-refractivity contribution in [2.45, 2.75) is 19.9 Å². The van der Waals surface area contributed by atoms with Crippen molar-refractivity contribution in [1.82, 2.24) is 4.98 Å². The van der Waals surface area contributed by atoms with Gasteiger partial charge >= 0.3 is 5.97 Å². The molecule has 1 amide bonds. The monoisotopic (exact) mass is 237 g/mol. The molecule has 0 fully saturated rings. The molecule has 6 heteroatoms. The third kappa shape index (κ3) is 3.44. The molecule has 4 N–H and O–H groups in total. The molecule has 0 saturated carbocycles. The number of anilines is 1. The van der Waals surface area contributed by atoms with Gasteiger partial charge in [-0.15, -0.1) is 0 Å². The summed E-state index contributed by atoms with van der Waals surface area (Å²) < 4.78 is 0. The highest BCUT2D eigenvalue weighted by atomic mass is 16.4. The molecule has 0 radical (unpaired) electrons. The van der Waals surface area contributed by atoms with E-state index in [-0.39, 0.29) is 11.5 Å². The summed E-state index contributed by atoms with van der Waals surface area (Å²) in [4.78, 5) is 25.7. The first-order valence-electron chi connectivity index (χ1n) is 5.17. The van der Waals surface area contributed by atoms with E-state index in [9.17, 15) is 9.59 Å². The number of primary amides is 1. The van der Waals surface area contributed by atoms with Crippen LogP contribution in [0, 0.1) is 5.92 Å². The second-order valence-electron chi connectivity index (χ2n) is 4.01. The molecule has 0 spiro atoms. The van der Waals surface area contributed by atoms with Gasteiger partial charge in [0.1, 0.15) is 11.9 Å². The number of rotatable bonds is 5. The lowest BCUT2D eigenvalue weighted by molar-refractivity contribution is -0.119. The molecule has 1 atom stereocenters. The van der Waals surface area contributed by atoms with Crippen molar-refractivity contribution in [3.63, 3.8) is 0 Å². The quantitative estimate of drug-likeness (QED) is 0.699. The van der Waals surface area contributed by atoms with Gasteiger partial charge in [0, 0.05) is 6.20 Å². The molecular weight excluding hydrogens is 222 g/mol. The van der Waals surface area contributed by atoms with Crippen molar-refractivity contribution in [1.29, 1.82) is 0 Å². The Kier molecular flexibility index (Phi) is 4.03. The van der Waals surface area contributed by atoms with Gasteiger partial charge in [-0.2, -0.15) is 0 Å². The van der Waals surface area contributed by atoms with Crippen LogP contribution in [0.25, 0.3) is 0 Å². The number of amides is 1. The molecule has 0 bridgehead atoms. The van der Waals surface area contributed by atoms with Gasteiger partial charge in [0.15, 0.2) is 0 Å². The van der Waals surface area contributed by atoms with E-state index in [0.29, 0.717) is 5.82 Å². The minimum atomic E-state index is -1.04. The van der Waals surface area contributed by atoms with Gasteiger partial charge in [-0.3, -0.25) is 4.79 Å². The molecule has 0 aliphatic carbocycles. The normalized spacial score (nSPS) is 12.2. The van der Waals surface area contributed by atoms with E-state index in [1.165, 1.54) is 18.3 Å². The van der Waals surface area contributed by atoms with E-state index in [2.05, 4.69) is 10.3 Å². The van der Waals surface area contributed by atoms with E-state index < -0.39 is 17.9 Å². The average Bonchev–Trinajstić information content (AvgIpc) is 2.25. The van der Waals surface area contributed by atoms with Gasteiger partial charge in [0.05, 0.1) is 5.56 Å². The number of hydrogen-bond donors (Lipinski definition) is 3. The summed E-state index contributed by atoms with van der Waals surface area (Å²) in [6.45, 7) is 3.71. The van der Waals surface area contributed by atoms with Crippen LogP contribution in [0.1, 0.15) is 24.2 Å². The number of hydrogen-bond acceptors (Lipinski definition) is 4. The molecule has 17 heavy (non-hydrogen) atoms. The first kappa shape index (κ1) is 13.0. The molecule has 92 valence electrons. The van der Waals surface area contributed by atoms with Crippen LogP contribution < -0.4 is 11.1 Å². The molecule has 1 rings (SSSR count). The highest BCUT2D eigenvalue weighted by Crippen LogP contribution is 2.11. The van der Waals surface area contributed by atoms with Crippen molar-refractivity contribution >= 4 is 17.7 Å². The van der Waals surface area contributed by atoms with Crippen LogP contribution in [0.4, 0.5) is 5.82 Å². The lowest BCUT2D eigenvalue weighted by atomic mass is 10.0. The Hall–Kier alpha value is -2.11. The molecule has 0 aliphatic rings.